The summed E-state index contributed by atoms with van der Waals surface area (Å²) in [5, 5.41) is 13.3. The zero-order valence-electron chi connectivity index (χ0n) is 12.9. The molecular weight excluding hydrogens is 288 g/mol. The Hall–Kier alpha value is -2.44. The molecule has 1 amide bonds. The van der Waals surface area contributed by atoms with Crippen LogP contribution in [0.5, 0.6) is 0 Å². The van der Waals surface area contributed by atoms with Crippen LogP contribution < -0.4 is 5.32 Å². The molecule has 0 aliphatic rings. The highest BCUT2D eigenvalue weighted by atomic mass is 16.6. The lowest BCUT2D eigenvalue weighted by atomic mass is 9.95. The fraction of sp³-hybridized carbons (Fsp3) is 0.467. The van der Waals surface area contributed by atoms with Crippen LogP contribution in [0.25, 0.3) is 0 Å². The molecule has 0 saturated carbocycles. The summed E-state index contributed by atoms with van der Waals surface area (Å²) < 4.78 is 4.73. The van der Waals surface area contributed by atoms with E-state index in [1.54, 1.807) is 6.92 Å². The molecule has 1 atom stereocenters. The van der Waals surface area contributed by atoms with Crippen LogP contribution >= 0.6 is 0 Å². The number of nitro benzene ring substituents is 1. The van der Waals surface area contributed by atoms with E-state index in [2.05, 4.69) is 5.32 Å². The first-order valence-electron chi connectivity index (χ1n) is 6.95. The van der Waals surface area contributed by atoms with Crippen molar-refractivity contribution in [3.63, 3.8) is 0 Å². The van der Waals surface area contributed by atoms with Gasteiger partial charge in [0.2, 0.25) is 5.91 Å². The number of methoxy groups -OCH3 is 1. The molecule has 1 N–H and O–H groups in total. The van der Waals surface area contributed by atoms with Crippen molar-refractivity contribution in [3.05, 3.63) is 39.9 Å². The third-order valence-electron chi connectivity index (χ3n) is 3.31. The van der Waals surface area contributed by atoms with Gasteiger partial charge in [0.15, 0.2) is 0 Å². The maximum Gasteiger partial charge on any atom is 0.331 e. The molecule has 0 radical (unpaired) electrons. The maximum absolute atomic E-state index is 12.1. The average Bonchev–Trinajstić information content (AvgIpc) is 2.46. The third-order valence-corrected chi connectivity index (χ3v) is 3.31. The number of hydrogen-bond donors (Lipinski definition) is 1. The van der Waals surface area contributed by atoms with Crippen LogP contribution in [0.1, 0.15) is 32.3 Å². The normalized spacial score (nSPS) is 13.0. The van der Waals surface area contributed by atoms with Gasteiger partial charge >= 0.3 is 5.97 Å². The highest BCUT2D eigenvalue weighted by molar-refractivity contribution is 5.88. The number of nitro groups is 1. The zero-order valence-corrected chi connectivity index (χ0v) is 12.9. The lowest BCUT2D eigenvalue weighted by molar-refractivity contribution is -0.384. The summed E-state index contributed by atoms with van der Waals surface area (Å²) >= 11 is 0. The predicted molar refractivity (Wildman–Crippen MR) is 80.3 cm³/mol. The van der Waals surface area contributed by atoms with Crippen LogP contribution in [-0.4, -0.2) is 29.4 Å². The fourth-order valence-corrected chi connectivity index (χ4v) is 2.21. The first kappa shape index (κ1) is 17.6. The van der Waals surface area contributed by atoms with Gasteiger partial charge in [0, 0.05) is 12.1 Å². The first-order valence-corrected chi connectivity index (χ1v) is 6.95. The lowest BCUT2D eigenvalue weighted by Crippen LogP contribution is -2.53. The predicted octanol–water partition coefficient (Wildman–Crippen LogP) is 1.99. The molecule has 0 aliphatic heterocycles. The molecule has 0 heterocycles. The Bertz CT molecular complexity index is 556. The number of nitrogens with zero attached hydrogens (tertiary/aromatic N) is 1. The zero-order chi connectivity index (χ0) is 16.8. The van der Waals surface area contributed by atoms with Gasteiger partial charge in [-0.25, -0.2) is 4.79 Å². The third kappa shape index (κ3) is 4.54. The topological polar surface area (TPSA) is 98.5 Å². The molecule has 0 aliphatic carbocycles. The second-order valence-corrected chi connectivity index (χ2v) is 5.22. The van der Waals surface area contributed by atoms with Crippen LogP contribution in [0.2, 0.25) is 0 Å². The van der Waals surface area contributed by atoms with Crippen LogP contribution in [-0.2, 0) is 20.7 Å². The number of esters is 1. The molecule has 1 aromatic carbocycles. The Kier molecular flexibility index (Phi) is 6.03. The molecular formula is C15H20N2O5. The molecule has 1 unspecified atom stereocenters. The number of benzene rings is 1. The summed E-state index contributed by atoms with van der Waals surface area (Å²) in [5.74, 6) is -0.832. The van der Waals surface area contributed by atoms with E-state index in [0.717, 1.165) is 0 Å². The Labute approximate surface area is 128 Å². The number of amides is 1. The Morgan fingerprint density at radius 2 is 1.91 bits per heavy atom. The smallest absolute Gasteiger partial charge is 0.331 e. The molecule has 0 fully saturated rings. The van der Waals surface area contributed by atoms with Crippen LogP contribution in [0, 0.1) is 10.1 Å². The van der Waals surface area contributed by atoms with Crippen LogP contribution in [0.3, 0.4) is 0 Å². The monoisotopic (exact) mass is 308 g/mol. The summed E-state index contributed by atoms with van der Waals surface area (Å²) in [4.78, 5) is 34.0. The number of rotatable bonds is 7. The molecule has 0 bridgehead atoms. The minimum absolute atomic E-state index is 0.0328. The van der Waals surface area contributed by atoms with Gasteiger partial charge in [-0.1, -0.05) is 25.5 Å². The van der Waals surface area contributed by atoms with Crippen molar-refractivity contribution >= 4 is 17.6 Å². The second kappa shape index (κ2) is 7.53. The van der Waals surface area contributed by atoms with E-state index in [-0.39, 0.29) is 18.0 Å². The minimum atomic E-state index is -1.07. The molecule has 0 spiro atoms. The van der Waals surface area contributed by atoms with E-state index in [1.165, 1.54) is 31.4 Å². The van der Waals surface area contributed by atoms with Crippen molar-refractivity contribution < 1.29 is 19.2 Å². The van der Waals surface area contributed by atoms with Crippen molar-refractivity contribution in [2.24, 2.45) is 0 Å². The molecule has 7 heteroatoms. The molecule has 7 nitrogen and oxygen atoms in total. The van der Waals surface area contributed by atoms with Crippen molar-refractivity contribution in [1.82, 2.24) is 5.32 Å². The van der Waals surface area contributed by atoms with Gasteiger partial charge in [0.25, 0.3) is 5.69 Å². The van der Waals surface area contributed by atoms with Gasteiger partial charge in [-0.05, 0) is 18.9 Å². The number of carbonyl (C=O) groups excluding carboxylic acids is 2. The van der Waals surface area contributed by atoms with Crippen LogP contribution in [0.15, 0.2) is 24.3 Å². The Balaban J connectivity index is 2.75. The number of nitrogens with one attached hydrogen (secondary N) is 1. The van der Waals surface area contributed by atoms with Gasteiger partial charge in [0.1, 0.15) is 5.54 Å². The summed E-state index contributed by atoms with van der Waals surface area (Å²) in [6, 6.07) is 5.72. The molecule has 1 aromatic rings. The van der Waals surface area contributed by atoms with Gasteiger partial charge in [0.05, 0.1) is 18.5 Å². The summed E-state index contributed by atoms with van der Waals surface area (Å²) in [7, 11) is 1.28. The van der Waals surface area contributed by atoms with Crippen molar-refractivity contribution in [1.29, 1.82) is 0 Å². The average molecular weight is 308 g/mol. The lowest BCUT2D eigenvalue weighted by Gasteiger charge is -2.27. The standard InChI is InChI=1S/C15H20N2O5/c1-4-9-15(2,14(19)22-3)16-13(18)10-11-5-7-12(8-6-11)17(20)21/h5-8H,4,9-10H2,1-3H3,(H,16,18). The Morgan fingerprint density at radius 1 is 1.32 bits per heavy atom. The molecule has 22 heavy (non-hydrogen) atoms. The quantitative estimate of drug-likeness (QED) is 0.472. The highest BCUT2D eigenvalue weighted by Gasteiger charge is 2.34. The number of carbonyl (C=O) groups is 2. The first-order chi connectivity index (χ1) is 10.3. The summed E-state index contributed by atoms with van der Waals surface area (Å²) in [6.45, 7) is 3.53. The molecule has 0 aromatic heterocycles. The van der Waals surface area contributed by atoms with E-state index in [9.17, 15) is 19.7 Å². The van der Waals surface area contributed by atoms with E-state index in [4.69, 9.17) is 4.74 Å². The molecule has 0 saturated heterocycles. The van der Waals surface area contributed by atoms with Crippen LogP contribution in [0.4, 0.5) is 5.69 Å². The molecule has 120 valence electrons. The second-order valence-electron chi connectivity index (χ2n) is 5.22. The number of hydrogen-bond acceptors (Lipinski definition) is 5. The maximum atomic E-state index is 12.1. The van der Waals surface area contributed by atoms with Crippen molar-refractivity contribution in [3.8, 4) is 0 Å². The number of ether oxygens (including phenoxy) is 1. The molecule has 1 rings (SSSR count). The summed E-state index contributed by atoms with van der Waals surface area (Å²) in [6.07, 6.45) is 1.21. The van der Waals surface area contributed by atoms with Crippen molar-refractivity contribution in [2.75, 3.05) is 7.11 Å². The van der Waals surface area contributed by atoms with Crippen molar-refractivity contribution in [2.45, 2.75) is 38.6 Å². The van der Waals surface area contributed by atoms with Gasteiger partial charge in [-0.2, -0.15) is 0 Å². The fourth-order valence-electron chi connectivity index (χ4n) is 2.21. The highest BCUT2D eigenvalue weighted by Crippen LogP contribution is 2.16. The van der Waals surface area contributed by atoms with E-state index in [0.29, 0.717) is 18.4 Å². The Morgan fingerprint density at radius 3 is 2.36 bits per heavy atom. The van der Waals surface area contributed by atoms with E-state index in [1.807, 2.05) is 6.92 Å². The minimum Gasteiger partial charge on any atom is -0.467 e. The van der Waals surface area contributed by atoms with E-state index < -0.39 is 16.4 Å². The van der Waals surface area contributed by atoms with Gasteiger partial charge < -0.3 is 10.1 Å². The summed E-state index contributed by atoms with van der Waals surface area (Å²) in [5.41, 5.74) is -0.470. The SMILES string of the molecule is CCCC(C)(NC(=O)Cc1ccc([N+](=O)[O-])cc1)C(=O)OC. The number of non-ortho nitro benzene ring substituents is 1. The van der Waals surface area contributed by atoms with Gasteiger partial charge in [-0.15, -0.1) is 0 Å². The largest absolute Gasteiger partial charge is 0.467 e. The van der Waals surface area contributed by atoms with E-state index >= 15 is 0 Å². The van der Waals surface area contributed by atoms with Gasteiger partial charge in [-0.3, -0.25) is 14.9 Å².